The molecule has 3 rings (SSSR count). The first-order valence-electron chi connectivity index (χ1n) is 9.22. The third kappa shape index (κ3) is 3.59. The van der Waals surface area contributed by atoms with Crippen LogP contribution in [-0.2, 0) is 16.0 Å². The number of benzene rings is 1. The highest BCUT2D eigenvalue weighted by Crippen LogP contribution is 2.32. The van der Waals surface area contributed by atoms with E-state index in [1.165, 1.54) is 18.2 Å². The van der Waals surface area contributed by atoms with Crippen LogP contribution in [0.4, 0.5) is 10.5 Å². The average molecular weight is 357 g/mol. The molecule has 2 atom stereocenters. The lowest BCUT2D eigenvalue weighted by atomic mass is 9.99. The van der Waals surface area contributed by atoms with E-state index in [2.05, 4.69) is 35.2 Å². The van der Waals surface area contributed by atoms with Crippen molar-refractivity contribution in [3.63, 3.8) is 0 Å². The summed E-state index contributed by atoms with van der Waals surface area (Å²) in [6.45, 7) is 6.63. The number of aryl methyl sites for hydroxylation is 1. The van der Waals surface area contributed by atoms with Gasteiger partial charge in [0.05, 0.1) is 18.8 Å². The number of hydrogen-bond donors (Lipinski definition) is 1. The monoisotopic (exact) mass is 357 g/mol. The van der Waals surface area contributed by atoms with Crippen molar-refractivity contribution < 1.29 is 14.3 Å². The third-order valence-electron chi connectivity index (χ3n) is 5.18. The van der Waals surface area contributed by atoms with Crippen LogP contribution >= 0.6 is 0 Å². The van der Waals surface area contributed by atoms with E-state index in [1.807, 2.05) is 18.7 Å². The van der Waals surface area contributed by atoms with Crippen molar-refractivity contribution in [2.45, 2.75) is 52.1 Å². The largest absolute Gasteiger partial charge is 0.453 e. The first kappa shape index (κ1) is 18.4. The van der Waals surface area contributed by atoms with Crippen molar-refractivity contribution in [2.75, 3.05) is 13.7 Å². The van der Waals surface area contributed by atoms with Gasteiger partial charge in [0.15, 0.2) is 0 Å². The van der Waals surface area contributed by atoms with E-state index in [0.29, 0.717) is 6.54 Å². The maximum atomic E-state index is 13.1. The predicted octanol–water partition coefficient (Wildman–Crippen LogP) is 3.00. The van der Waals surface area contributed by atoms with Crippen molar-refractivity contribution in [3.05, 3.63) is 29.3 Å². The number of alkyl carbamates (subject to hydrolysis) is 1. The number of methoxy groups -OCH3 is 1. The van der Waals surface area contributed by atoms with E-state index in [-0.39, 0.29) is 17.9 Å². The van der Waals surface area contributed by atoms with Gasteiger partial charge >= 0.3 is 6.09 Å². The highest BCUT2D eigenvalue weighted by Gasteiger charge is 2.38. The fourth-order valence-electron chi connectivity index (χ4n) is 3.80. The van der Waals surface area contributed by atoms with Gasteiger partial charge in [-0.05, 0) is 37.3 Å². The molecule has 6 heteroatoms. The van der Waals surface area contributed by atoms with Gasteiger partial charge in [-0.25, -0.2) is 4.79 Å². The molecule has 1 aromatic rings. The molecule has 1 N–H and O–H groups in total. The standard InChI is InChI=1S/C20H27N3O3/c1-12(2)18(22-20(25)26-4)19(24)23-9-5-6-17(23)16-11-14-10-13(3)7-8-15(14)21-16/h7-8,10,12,17-18H,5-6,9,11H2,1-4H3,(H,22,25)/t17-,18-/m0/s1. The van der Waals surface area contributed by atoms with Crippen LogP contribution < -0.4 is 5.32 Å². The zero-order chi connectivity index (χ0) is 18.8. The highest BCUT2D eigenvalue weighted by molar-refractivity contribution is 6.01. The van der Waals surface area contributed by atoms with Crippen molar-refractivity contribution in [1.82, 2.24) is 10.2 Å². The van der Waals surface area contributed by atoms with Gasteiger partial charge < -0.3 is 15.0 Å². The maximum Gasteiger partial charge on any atom is 0.407 e. The number of nitrogens with one attached hydrogen (secondary N) is 1. The van der Waals surface area contributed by atoms with Gasteiger partial charge in [-0.2, -0.15) is 0 Å². The number of likely N-dealkylation sites (tertiary alicyclic amines) is 1. The molecule has 0 spiro atoms. The lowest BCUT2D eigenvalue weighted by Gasteiger charge is -2.30. The van der Waals surface area contributed by atoms with E-state index in [1.54, 1.807) is 0 Å². The van der Waals surface area contributed by atoms with Crippen LogP contribution in [0.25, 0.3) is 0 Å². The van der Waals surface area contributed by atoms with Crippen molar-refractivity contribution >= 4 is 23.4 Å². The fourth-order valence-corrected chi connectivity index (χ4v) is 3.80. The van der Waals surface area contributed by atoms with Gasteiger partial charge in [0.1, 0.15) is 6.04 Å². The Kier molecular flexibility index (Phi) is 5.30. The highest BCUT2D eigenvalue weighted by atomic mass is 16.5. The Bertz CT molecular complexity index is 742. The number of nitrogens with zero attached hydrogens (tertiary/aromatic N) is 2. The Morgan fingerprint density at radius 2 is 2.12 bits per heavy atom. The van der Waals surface area contributed by atoms with Crippen LogP contribution in [0.2, 0.25) is 0 Å². The summed E-state index contributed by atoms with van der Waals surface area (Å²) in [7, 11) is 1.31. The van der Waals surface area contributed by atoms with E-state index < -0.39 is 12.1 Å². The molecule has 2 aliphatic heterocycles. The lowest BCUT2D eigenvalue weighted by Crippen LogP contribution is -2.53. The van der Waals surface area contributed by atoms with E-state index in [4.69, 9.17) is 4.99 Å². The molecule has 26 heavy (non-hydrogen) atoms. The van der Waals surface area contributed by atoms with Crippen LogP contribution in [0, 0.1) is 12.8 Å². The van der Waals surface area contributed by atoms with Gasteiger partial charge in [0, 0.05) is 18.7 Å². The Balaban J connectivity index is 1.78. The minimum atomic E-state index is -0.588. The molecule has 1 saturated heterocycles. The quantitative estimate of drug-likeness (QED) is 0.900. The molecule has 1 aromatic carbocycles. The number of carbonyl (C=O) groups excluding carboxylic acids is 2. The molecule has 140 valence electrons. The second kappa shape index (κ2) is 7.48. The Hall–Kier alpha value is -2.37. The summed E-state index contributed by atoms with van der Waals surface area (Å²) >= 11 is 0. The van der Waals surface area contributed by atoms with Gasteiger partial charge in [0.25, 0.3) is 0 Å². The summed E-state index contributed by atoms with van der Waals surface area (Å²) in [5.41, 5.74) is 4.52. The SMILES string of the molecule is COC(=O)N[C@H](C(=O)N1CCC[C@H]1C1=Nc2ccc(C)cc2C1)C(C)C. The molecular weight excluding hydrogens is 330 g/mol. The number of rotatable bonds is 4. The maximum absolute atomic E-state index is 13.1. The van der Waals surface area contributed by atoms with Crippen LogP contribution in [0.15, 0.2) is 23.2 Å². The number of hydrogen-bond acceptors (Lipinski definition) is 4. The summed E-state index contributed by atoms with van der Waals surface area (Å²) < 4.78 is 4.68. The van der Waals surface area contributed by atoms with Gasteiger partial charge in [-0.1, -0.05) is 31.5 Å². The van der Waals surface area contributed by atoms with Crippen molar-refractivity contribution in [3.8, 4) is 0 Å². The number of fused-ring (bicyclic) bond motifs is 1. The molecule has 0 unspecified atom stereocenters. The molecular formula is C20H27N3O3. The number of ether oxygens (including phenoxy) is 1. The summed E-state index contributed by atoms with van der Waals surface area (Å²) in [6, 6.07) is 5.71. The minimum absolute atomic E-state index is 0.0101. The fraction of sp³-hybridized carbons (Fsp3) is 0.550. The van der Waals surface area contributed by atoms with Gasteiger partial charge in [0.2, 0.25) is 5.91 Å². The van der Waals surface area contributed by atoms with E-state index in [0.717, 1.165) is 30.7 Å². The zero-order valence-corrected chi connectivity index (χ0v) is 15.9. The average Bonchev–Trinajstić information content (AvgIpc) is 3.24. The van der Waals surface area contributed by atoms with Crippen molar-refractivity contribution in [1.29, 1.82) is 0 Å². The molecule has 2 heterocycles. The topological polar surface area (TPSA) is 71.0 Å². The second-order valence-electron chi connectivity index (χ2n) is 7.46. The van der Waals surface area contributed by atoms with Crippen LogP contribution in [0.1, 0.15) is 37.8 Å². The van der Waals surface area contributed by atoms with E-state index >= 15 is 0 Å². The predicted molar refractivity (Wildman–Crippen MR) is 101 cm³/mol. The summed E-state index contributed by atoms with van der Waals surface area (Å²) in [6.07, 6.45) is 2.09. The number of carbonyl (C=O) groups is 2. The minimum Gasteiger partial charge on any atom is -0.453 e. The molecule has 0 aliphatic carbocycles. The van der Waals surface area contributed by atoms with Crippen LogP contribution in [0.5, 0.6) is 0 Å². The Morgan fingerprint density at radius 1 is 1.35 bits per heavy atom. The van der Waals surface area contributed by atoms with Gasteiger partial charge in [-0.3, -0.25) is 9.79 Å². The van der Waals surface area contributed by atoms with Crippen molar-refractivity contribution in [2.24, 2.45) is 10.9 Å². The Labute approximate surface area is 154 Å². The Morgan fingerprint density at radius 3 is 2.81 bits per heavy atom. The summed E-state index contributed by atoms with van der Waals surface area (Å²) in [5.74, 6) is -0.0732. The number of aliphatic imine (C=N–C) groups is 1. The molecule has 2 aliphatic rings. The molecule has 2 amide bonds. The van der Waals surface area contributed by atoms with Gasteiger partial charge in [-0.15, -0.1) is 0 Å². The van der Waals surface area contributed by atoms with Crippen LogP contribution in [-0.4, -0.2) is 48.4 Å². The van der Waals surface area contributed by atoms with E-state index in [9.17, 15) is 9.59 Å². The molecule has 0 aromatic heterocycles. The lowest BCUT2D eigenvalue weighted by molar-refractivity contribution is -0.134. The number of amides is 2. The first-order chi connectivity index (χ1) is 12.4. The molecule has 0 saturated carbocycles. The normalized spacial score (nSPS) is 20.0. The summed E-state index contributed by atoms with van der Waals surface area (Å²) in [5, 5.41) is 2.69. The molecule has 6 nitrogen and oxygen atoms in total. The molecule has 1 fully saturated rings. The summed E-state index contributed by atoms with van der Waals surface area (Å²) in [4.78, 5) is 31.5. The molecule has 0 bridgehead atoms. The van der Waals surface area contributed by atoms with Crippen LogP contribution in [0.3, 0.4) is 0 Å². The smallest absolute Gasteiger partial charge is 0.407 e. The second-order valence-corrected chi connectivity index (χ2v) is 7.46. The third-order valence-corrected chi connectivity index (χ3v) is 5.18. The molecule has 0 radical (unpaired) electrons. The zero-order valence-electron chi connectivity index (χ0n) is 15.9. The first-order valence-corrected chi connectivity index (χ1v) is 9.22.